The molecule has 1 heterocycles. The fourth-order valence-electron chi connectivity index (χ4n) is 2.07. The Bertz CT molecular complexity index is 302. The number of methoxy groups -OCH3 is 1. The van der Waals surface area contributed by atoms with Crippen LogP contribution >= 0.6 is 0 Å². The van der Waals surface area contributed by atoms with E-state index in [0.29, 0.717) is 26.2 Å². The first-order valence-corrected chi connectivity index (χ1v) is 6.17. The second-order valence-corrected chi connectivity index (χ2v) is 5.00. The van der Waals surface area contributed by atoms with Gasteiger partial charge in [-0.1, -0.05) is 6.92 Å². The number of carboxylic acid groups (broad SMARTS) is 1. The van der Waals surface area contributed by atoms with Crippen LogP contribution in [0.1, 0.15) is 13.8 Å². The lowest BCUT2D eigenvalue weighted by atomic mass is 9.87. The Morgan fingerprint density at radius 3 is 2.56 bits per heavy atom. The molecule has 0 aromatic carbocycles. The SMILES string of the molecule is COCC(C)NC(=O)CN1CC(C(C)C(=O)O)C1. The number of carboxylic acids is 1. The van der Waals surface area contributed by atoms with Crippen molar-refractivity contribution in [2.45, 2.75) is 19.9 Å². The third-order valence-corrected chi connectivity index (χ3v) is 3.27. The van der Waals surface area contributed by atoms with Gasteiger partial charge in [-0.2, -0.15) is 0 Å². The number of nitrogens with zero attached hydrogens (tertiary/aromatic N) is 1. The number of carbonyl (C=O) groups excluding carboxylic acids is 1. The van der Waals surface area contributed by atoms with Crippen LogP contribution < -0.4 is 5.32 Å². The molecule has 2 N–H and O–H groups in total. The first kappa shape index (κ1) is 14.9. The highest BCUT2D eigenvalue weighted by molar-refractivity contribution is 5.78. The maximum atomic E-state index is 11.6. The predicted octanol–water partition coefficient (Wildman–Crippen LogP) is -0.210. The summed E-state index contributed by atoms with van der Waals surface area (Å²) >= 11 is 0. The molecule has 1 fully saturated rings. The number of likely N-dealkylation sites (tertiary alicyclic amines) is 1. The summed E-state index contributed by atoms with van der Waals surface area (Å²) in [5.41, 5.74) is 0. The van der Waals surface area contributed by atoms with Crippen LogP contribution in [0.3, 0.4) is 0 Å². The molecule has 0 bridgehead atoms. The van der Waals surface area contributed by atoms with Crippen molar-refractivity contribution in [3.63, 3.8) is 0 Å². The molecule has 0 aliphatic carbocycles. The van der Waals surface area contributed by atoms with Crippen LogP contribution in [0.25, 0.3) is 0 Å². The maximum absolute atomic E-state index is 11.6. The molecule has 0 spiro atoms. The van der Waals surface area contributed by atoms with Crippen LogP contribution in [0.15, 0.2) is 0 Å². The first-order valence-electron chi connectivity index (χ1n) is 6.17. The van der Waals surface area contributed by atoms with Crippen LogP contribution in [0.2, 0.25) is 0 Å². The second kappa shape index (κ2) is 6.70. The zero-order valence-electron chi connectivity index (χ0n) is 11.2. The van der Waals surface area contributed by atoms with Crippen molar-refractivity contribution < 1.29 is 19.4 Å². The van der Waals surface area contributed by atoms with Crippen molar-refractivity contribution in [2.75, 3.05) is 33.4 Å². The Morgan fingerprint density at radius 1 is 1.44 bits per heavy atom. The minimum Gasteiger partial charge on any atom is -0.481 e. The first-order chi connectivity index (χ1) is 8.43. The highest BCUT2D eigenvalue weighted by Crippen LogP contribution is 2.23. The van der Waals surface area contributed by atoms with Gasteiger partial charge in [0.05, 0.1) is 19.1 Å². The molecule has 0 saturated carbocycles. The molecule has 1 aliphatic rings. The second-order valence-electron chi connectivity index (χ2n) is 5.00. The van der Waals surface area contributed by atoms with Gasteiger partial charge in [0.25, 0.3) is 0 Å². The Balaban J connectivity index is 2.19. The van der Waals surface area contributed by atoms with E-state index in [2.05, 4.69) is 5.32 Å². The highest BCUT2D eigenvalue weighted by Gasteiger charge is 2.35. The summed E-state index contributed by atoms with van der Waals surface area (Å²) in [6.07, 6.45) is 0. The number of hydrogen-bond acceptors (Lipinski definition) is 4. The summed E-state index contributed by atoms with van der Waals surface area (Å²) in [6.45, 7) is 5.78. The van der Waals surface area contributed by atoms with Gasteiger partial charge in [-0.15, -0.1) is 0 Å². The lowest BCUT2D eigenvalue weighted by Gasteiger charge is -2.40. The molecular weight excluding hydrogens is 236 g/mol. The summed E-state index contributed by atoms with van der Waals surface area (Å²) in [5.74, 6) is -0.984. The molecule has 0 radical (unpaired) electrons. The zero-order valence-corrected chi connectivity index (χ0v) is 11.2. The topological polar surface area (TPSA) is 78.9 Å². The minimum absolute atomic E-state index is 0.00230. The monoisotopic (exact) mass is 258 g/mol. The van der Waals surface area contributed by atoms with E-state index in [1.54, 1.807) is 14.0 Å². The van der Waals surface area contributed by atoms with Crippen LogP contribution in [0, 0.1) is 11.8 Å². The fourth-order valence-corrected chi connectivity index (χ4v) is 2.07. The smallest absolute Gasteiger partial charge is 0.306 e. The summed E-state index contributed by atoms with van der Waals surface area (Å²) < 4.78 is 4.93. The van der Waals surface area contributed by atoms with Crippen molar-refractivity contribution in [2.24, 2.45) is 11.8 Å². The summed E-state index contributed by atoms with van der Waals surface area (Å²) in [7, 11) is 1.59. The standard InChI is InChI=1S/C12H22N2O4/c1-8(7-18-3)13-11(15)6-14-4-10(5-14)9(2)12(16)17/h8-10H,4-7H2,1-3H3,(H,13,15)(H,16,17). The van der Waals surface area contributed by atoms with E-state index in [1.165, 1.54) is 0 Å². The molecular formula is C12H22N2O4. The molecule has 2 atom stereocenters. The molecule has 6 heteroatoms. The normalized spacial score (nSPS) is 19.9. The molecule has 18 heavy (non-hydrogen) atoms. The lowest BCUT2D eigenvalue weighted by Crippen LogP contribution is -2.54. The van der Waals surface area contributed by atoms with E-state index in [9.17, 15) is 9.59 Å². The van der Waals surface area contributed by atoms with Crippen molar-refractivity contribution in [1.29, 1.82) is 0 Å². The van der Waals surface area contributed by atoms with E-state index in [0.717, 1.165) is 0 Å². The molecule has 1 saturated heterocycles. The Labute approximate surface area is 107 Å². The van der Waals surface area contributed by atoms with Gasteiger partial charge >= 0.3 is 5.97 Å². The Hall–Kier alpha value is -1.14. The van der Waals surface area contributed by atoms with Gasteiger partial charge in [0.2, 0.25) is 5.91 Å². The van der Waals surface area contributed by atoms with E-state index < -0.39 is 5.97 Å². The molecule has 1 rings (SSSR count). The highest BCUT2D eigenvalue weighted by atomic mass is 16.5. The number of nitrogens with one attached hydrogen (secondary N) is 1. The number of rotatable bonds is 7. The number of carbonyl (C=O) groups is 2. The molecule has 2 unspecified atom stereocenters. The third-order valence-electron chi connectivity index (χ3n) is 3.27. The Morgan fingerprint density at radius 2 is 2.06 bits per heavy atom. The number of aliphatic carboxylic acids is 1. The quantitative estimate of drug-likeness (QED) is 0.660. The van der Waals surface area contributed by atoms with Crippen molar-refractivity contribution >= 4 is 11.9 Å². The van der Waals surface area contributed by atoms with Gasteiger partial charge in [-0.3, -0.25) is 14.5 Å². The van der Waals surface area contributed by atoms with Crippen LogP contribution in [0.4, 0.5) is 0 Å². The van der Waals surface area contributed by atoms with Gasteiger partial charge in [-0.25, -0.2) is 0 Å². The largest absolute Gasteiger partial charge is 0.481 e. The predicted molar refractivity (Wildman–Crippen MR) is 66.2 cm³/mol. The van der Waals surface area contributed by atoms with Gasteiger partial charge in [-0.05, 0) is 12.8 Å². The van der Waals surface area contributed by atoms with Gasteiger partial charge < -0.3 is 15.2 Å². The Kier molecular flexibility index (Phi) is 5.55. The van der Waals surface area contributed by atoms with Gasteiger partial charge in [0.15, 0.2) is 0 Å². The van der Waals surface area contributed by atoms with Crippen molar-refractivity contribution in [3.8, 4) is 0 Å². The minimum atomic E-state index is -0.766. The van der Waals surface area contributed by atoms with Gasteiger partial charge in [0, 0.05) is 26.2 Å². The molecule has 1 aliphatic heterocycles. The van der Waals surface area contributed by atoms with Crippen molar-refractivity contribution in [3.05, 3.63) is 0 Å². The number of amides is 1. The van der Waals surface area contributed by atoms with Gasteiger partial charge in [0.1, 0.15) is 0 Å². The summed E-state index contributed by atoms with van der Waals surface area (Å²) in [6, 6.07) is -0.00230. The van der Waals surface area contributed by atoms with Crippen LogP contribution in [0.5, 0.6) is 0 Å². The summed E-state index contributed by atoms with van der Waals surface area (Å²) in [5, 5.41) is 11.7. The lowest BCUT2D eigenvalue weighted by molar-refractivity contribution is -0.145. The molecule has 0 aromatic rings. The van der Waals surface area contributed by atoms with Crippen molar-refractivity contribution in [1.82, 2.24) is 10.2 Å². The van der Waals surface area contributed by atoms with E-state index >= 15 is 0 Å². The third kappa shape index (κ3) is 4.27. The van der Waals surface area contributed by atoms with Crippen LogP contribution in [-0.2, 0) is 14.3 Å². The number of ether oxygens (including phenoxy) is 1. The fraction of sp³-hybridized carbons (Fsp3) is 0.833. The molecule has 0 aromatic heterocycles. The average Bonchev–Trinajstić information content (AvgIpc) is 2.21. The molecule has 104 valence electrons. The summed E-state index contributed by atoms with van der Waals surface area (Å²) in [4.78, 5) is 24.3. The van der Waals surface area contributed by atoms with E-state index in [-0.39, 0.29) is 23.8 Å². The molecule has 6 nitrogen and oxygen atoms in total. The maximum Gasteiger partial charge on any atom is 0.306 e. The molecule has 1 amide bonds. The zero-order chi connectivity index (χ0) is 13.7. The number of hydrogen-bond donors (Lipinski definition) is 2. The van der Waals surface area contributed by atoms with E-state index in [4.69, 9.17) is 9.84 Å². The average molecular weight is 258 g/mol. The van der Waals surface area contributed by atoms with E-state index in [1.807, 2.05) is 11.8 Å². The van der Waals surface area contributed by atoms with Crippen LogP contribution in [-0.4, -0.2) is 61.3 Å².